The molecule has 0 unspecified atom stereocenters. The maximum absolute atomic E-state index is 12.0. The van der Waals surface area contributed by atoms with E-state index in [9.17, 15) is 8.42 Å². The second kappa shape index (κ2) is 6.30. The van der Waals surface area contributed by atoms with E-state index in [0.717, 1.165) is 30.3 Å². The van der Waals surface area contributed by atoms with Gasteiger partial charge in [-0.05, 0) is 13.3 Å². The molecule has 0 bridgehead atoms. The summed E-state index contributed by atoms with van der Waals surface area (Å²) in [7, 11) is -3.03. The highest BCUT2D eigenvalue weighted by Gasteiger charge is 2.26. The van der Waals surface area contributed by atoms with Crippen LogP contribution in [-0.4, -0.2) is 54.5 Å². The monoisotopic (exact) mass is 303 g/mol. The van der Waals surface area contributed by atoms with Gasteiger partial charge >= 0.3 is 0 Å². The van der Waals surface area contributed by atoms with Crippen LogP contribution < -0.4 is 0 Å². The van der Waals surface area contributed by atoms with Gasteiger partial charge in [0.05, 0.1) is 16.5 Å². The van der Waals surface area contributed by atoms with Gasteiger partial charge in [-0.15, -0.1) is 11.3 Å². The minimum absolute atomic E-state index is 0.262. The molecule has 108 valence electrons. The third-order valence-electron chi connectivity index (χ3n) is 3.24. The van der Waals surface area contributed by atoms with Gasteiger partial charge < -0.3 is 0 Å². The zero-order valence-corrected chi connectivity index (χ0v) is 13.1. The van der Waals surface area contributed by atoms with Crippen LogP contribution in [0.4, 0.5) is 0 Å². The molecule has 0 N–H and O–H groups in total. The van der Waals surface area contributed by atoms with Crippen LogP contribution >= 0.6 is 11.3 Å². The van der Waals surface area contributed by atoms with Gasteiger partial charge in [-0.1, -0.05) is 6.92 Å². The fraction of sp³-hybridized carbons (Fsp3) is 0.750. The van der Waals surface area contributed by atoms with Gasteiger partial charge in [-0.25, -0.2) is 13.4 Å². The summed E-state index contributed by atoms with van der Waals surface area (Å²) in [5, 5.41) is 3.16. The molecular weight excluding hydrogens is 282 g/mol. The number of thiazole rings is 1. The van der Waals surface area contributed by atoms with E-state index in [1.54, 1.807) is 15.6 Å². The molecule has 2 rings (SSSR count). The predicted octanol–water partition coefficient (Wildman–Crippen LogP) is 1.31. The molecule has 5 nitrogen and oxygen atoms in total. The minimum Gasteiger partial charge on any atom is -0.295 e. The summed E-state index contributed by atoms with van der Waals surface area (Å²) in [4.78, 5) is 6.72. The average molecular weight is 303 g/mol. The van der Waals surface area contributed by atoms with Crippen LogP contribution in [0.1, 0.15) is 24.0 Å². The van der Waals surface area contributed by atoms with Crippen LogP contribution in [0.25, 0.3) is 0 Å². The van der Waals surface area contributed by atoms with Crippen molar-refractivity contribution in [3.8, 4) is 0 Å². The second-order valence-corrected chi connectivity index (χ2v) is 8.00. The Balaban J connectivity index is 1.86. The number of nitrogens with zero attached hydrogens (tertiary/aromatic N) is 3. The maximum atomic E-state index is 12.0. The zero-order chi connectivity index (χ0) is 13.9. The summed E-state index contributed by atoms with van der Waals surface area (Å²) in [5.74, 6) is 0.262. The molecule has 1 saturated heterocycles. The van der Waals surface area contributed by atoms with Crippen LogP contribution in [0, 0.1) is 6.92 Å². The molecule has 0 radical (unpaired) electrons. The number of aromatic nitrogens is 1. The predicted molar refractivity (Wildman–Crippen MR) is 77.8 cm³/mol. The first kappa shape index (κ1) is 14.9. The van der Waals surface area contributed by atoms with Crippen molar-refractivity contribution in [1.29, 1.82) is 0 Å². The van der Waals surface area contributed by atoms with Crippen molar-refractivity contribution in [3.63, 3.8) is 0 Å². The van der Waals surface area contributed by atoms with Gasteiger partial charge in [-0.2, -0.15) is 4.31 Å². The standard InChI is InChI=1S/C12H21N3O2S2/c1-3-8-19(16,17)15-6-4-14(5-7-15)9-12-10-18-11(2)13-12/h10H,3-9H2,1-2H3. The molecule has 0 aromatic carbocycles. The normalized spacial score (nSPS) is 18.8. The summed E-state index contributed by atoms with van der Waals surface area (Å²) in [5.41, 5.74) is 1.09. The molecular formula is C12H21N3O2S2. The van der Waals surface area contributed by atoms with E-state index < -0.39 is 10.0 Å². The molecule has 0 amide bonds. The Kier molecular flexibility index (Phi) is 4.94. The van der Waals surface area contributed by atoms with Crippen LogP contribution in [0.15, 0.2) is 5.38 Å². The summed E-state index contributed by atoms with van der Waals surface area (Å²) in [6.07, 6.45) is 0.681. The lowest BCUT2D eigenvalue weighted by atomic mass is 10.3. The first-order valence-corrected chi connectivity index (χ1v) is 9.11. The van der Waals surface area contributed by atoms with Crippen LogP contribution in [-0.2, 0) is 16.6 Å². The lowest BCUT2D eigenvalue weighted by molar-refractivity contribution is 0.180. The highest BCUT2D eigenvalue weighted by molar-refractivity contribution is 7.89. The van der Waals surface area contributed by atoms with Crippen molar-refractivity contribution in [2.24, 2.45) is 0 Å². The lowest BCUT2D eigenvalue weighted by Crippen LogP contribution is -2.48. The van der Waals surface area contributed by atoms with E-state index in [0.29, 0.717) is 19.5 Å². The molecule has 7 heteroatoms. The van der Waals surface area contributed by atoms with E-state index in [2.05, 4.69) is 15.3 Å². The van der Waals surface area contributed by atoms with E-state index in [-0.39, 0.29) is 5.75 Å². The number of piperazine rings is 1. The first-order valence-electron chi connectivity index (χ1n) is 6.62. The van der Waals surface area contributed by atoms with Gasteiger partial charge in [0.15, 0.2) is 0 Å². The van der Waals surface area contributed by atoms with Crippen LogP contribution in [0.3, 0.4) is 0 Å². The molecule has 0 spiro atoms. The van der Waals surface area contributed by atoms with Gasteiger partial charge in [0.2, 0.25) is 10.0 Å². The number of sulfonamides is 1. The Labute approximate surface area is 119 Å². The summed E-state index contributed by atoms with van der Waals surface area (Å²) >= 11 is 1.66. The molecule has 1 aromatic rings. The van der Waals surface area contributed by atoms with Gasteiger partial charge in [0, 0.05) is 38.1 Å². The number of aryl methyl sites for hydroxylation is 1. The molecule has 0 atom stereocenters. The third-order valence-corrected chi connectivity index (χ3v) is 6.14. The van der Waals surface area contributed by atoms with Gasteiger partial charge in [0.25, 0.3) is 0 Å². The van der Waals surface area contributed by atoms with E-state index >= 15 is 0 Å². The van der Waals surface area contributed by atoms with E-state index in [1.807, 2.05) is 13.8 Å². The molecule has 1 aliphatic rings. The van der Waals surface area contributed by atoms with Crippen molar-refractivity contribution in [1.82, 2.24) is 14.2 Å². The van der Waals surface area contributed by atoms with Crippen molar-refractivity contribution in [2.75, 3.05) is 31.9 Å². The smallest absolute Gasteiger partial charge is 0.214 e. The fourth-order valence-electron chi connectivity index (χ4n) is 2.26. The number of hydrogen-bond acceptors (Lipinski definition) is 5. The first-order chi connectivity index (χ1) is 9.01. The van der Waals surface area contributed by atoms with E-state index in [1.165, 1.54) is 0 Å². The van der Waals surface area contributed by atoms with Crippen molar-refractivity contribution in [3.05, 3.63) is 16.1 Å². The maximum Gasteiger partial charge on any atom is 0.214 e. The van der Waals surface area contributed by atoms with E-state index in [4.69, 9.17) is 0 Å². The zero-order valence-electron chi connectivity index (χ0n) is 11.5. The third kappa shape index (κ3) is 3.98. The minimum atomic E-state index is -3.03. The molecule has 0 saturated carbocycles. The van der Waals surface area contributed by atoms with Crippen molar-refractivity contribution < 1.29 is 8.42 Å². The lowest BCUT2D eigenvalue weighted by Gasteiger charge is -2.33. The van der Waals surface area contributed by atoms with Gasteiger partial charge in [-0.3, -0.25) is 4.90 Å². The molecule has 1 aromatic heterocycles. The SMILES string of the molecule is CCCS(=O)(=O)N1CCN(Cc2csc(C)n2)CC1. The molecule has 1 fully saturated rings. The topological polar surface area (TPSA) is 53.5 Å². The fourth-order valence-corrected chi connectivity index (χ4v) is 4.36. The molecule has 2 heterocycles. The Bertz CT molecular complexity index is 505. The highest BCUT2D eigenvalue weighted by Crippen LogP contribution is 2.14. The Hall–Kier alpha value is -0.500. The largest absolute Gasteiger partial charge is 0.295 e. The molecule has 0 aliphatic carbocycles. The summed E-state index contributed by atoms with van der Waals surface area (Å²) in [6, 6.07) is 0. The second-order valence-electron chi connectivity index (χ2n) is 4.85. The van der Waals surface area contributed by atoms with Crippen LogP contribution in [0.5, 0.6) is 0 Å². The van der Waals surface area contributed by atoms with Crippen molar-refractivity contribution >= 4 is 21.4 Å². The quantitative estimate of drug-likeness (QED) is 0.823. The summed E-state index contributed by atoms with van der Waals surface area (Å²) < 4.78 is 25.5. The van der Waals surface area contributed by atoms with Crippen molar-refractivity contribution in [2.45, 2.75) is 26.8 Å². The van der Waals surface area contributed by atoms with Gasteiger partial charge in [0.1, 0.15) is 0 Å². The van der Waals surface area contributed by atoms with Crippen LogP contribution in [0.2, 0.25) is 0 Å². The Morgan fingerprint density at radius 1 is 1.32 bits per heavy atom. The Morgan fingerprint density at radius 2 is 2.00 bits per heavy atom. The highest BCUT2D eigenvalue weighted by atomic mass is 32.2. The number of rotatable bonds is 5. The molecule has 19 heavy (non-hydrogen) atoms. The number of hydrogen-bond donors (Lipinski definition) is 0. The Morgan fingerprint density at radius 3 is 2.53 bits per heavy atom. The molecule has 1 aliphatic heterocycles. The summed E-state index contributed by atoms with van der Waals surface area (Å²) in [6.45, 7) is 7.52. The average Bonchev–Trinajstić information content (AvgIpc) is 2.75.